The minimum absolute atomic E-state index is 0.0706. The van der Waals surface area contributed by atoms with Gasteiger partial charge in [-0.15, -0.1) is 0 Å². The minimum atomic E-state index is -2.08. The van der Waals surface area contributed by atoms with Gasteiger partial charge in [0.25, 0.3) is 0 Å². The number of nitrogens with one attached hydrogen (secondary N) is 1. The van der Waals surface area contributed by atoms with Crippen LogP contribution in [0.3, 0.4) is 0 Å². The summed E-state index contributed by atoms with van der Waals surface area (Å²) in [5.41, 5.74) is 1.44. The Bertz CT molecular complexity index is 1390. The molecule has 4 aliphatic carbocycles. The number of imidazole rings is 1. The highest BCUT2D eigenvalue weighted by atomic mass is 28.4. The molecule has 3 heterocycles. The van der Waals surface area contributed by atoms with Gasteiger partial charge in [-0.2, -0.15) is 9.97 Å². The van der Waals surface area contributed by atoms with Crippen molar-refractivity contribution in [1.29, 1.82) is 0 Å². The first-order chi connectivity index (χ1) is 21.4. The molecule has 4 bridgehead atoms. The van der Waals surface area contributed by atoms with Gasteiger partial charge in [0.15, 0.2) is 27.8 Å². The number of nitrogens with zero attached hydrogens (tertiary/aromatic N) is 4. The van der Waals surface area contributed by atoms with Crippen LogP contribution in [0.2, 0.25) is 36.3 Å². The van der Waals surface area contributed by atoms with Gasteiger partial charge in [0, 0.05) is 12.0 Å². The molecule has 0 aromatic carbocycles. The summed E-state index contributed by atoms with van der Waals surface area (Å²) in [4.78, 5) is 14.8. The third-order valence-electron chi connectivity index (χ3n) is 12.3. The average Bonchev–Trinajstić information content (AvgIpc) is 3.52. The van der Waals surface area contributed by atoms with E-state index in [1.165, 1.54) is 38.5 Å². The van der Waals surface area contributed by atoms with Crippen molar-refractivity contribution in [3.05, 3.63) is 19.0 Å². The average molecular weight is 670 g/mol. The fraction of sp³-hybridized carbons (Fsp3) is 0.800. The standard InChI is InChI=1S/C35H59N5O4Si2/c1-12-13-41-31-29-30(37-32(38-31)39-35-18-23-14-24(19-35)16-25(15-23)20-35)40(22-36-29)28-17-26(44-46(10,11)34(5,6)7)27(43-28)21-42-45(8,9)33(2,3)4/h12,22-28H,1,13-21H2,2-11H3,(H,37,38,39)/t23?,24?,25?,26-,27+,28+,35?/m1/s1. The van der Waals surface area contributed by atoms with Crippen molar-refractivity contribution in [2.75, 3.05) is 18.5 Å². The fourth-order valence-electron chi connectivity index (χ4n) is 8.10. The molecule has 4 saturated carbocycles. The molecule has 7 rings (SSSR count). The quantitative estimate of drug-likeness (QED) is 0.188. The Labute approximate surface area is 278 Å². The van der Waals surface area contributed by atoms with Crippen LogP contribution in [-0.4, -0.2) is 67.1 Å². The molecule has 0 amide bonds. The van der Waals surface area contributed by atoms with Crippen molar-refractivity contribution in [1.82, 2.24) is 19.5 Å². The van der Waals surface area contributed by atoms with E-state index in [1.54, 1.807) is 6.08 Å². The summed E-state index contributed by atoms with van der Waals surface area (Å²) in [5, 5.41) is 4.07. The van der Waals surface area contributed by atoms with Crippen LogP contribution in [0.25, 0.3) is 11.2 Å². The van der Waals surface area contributed by atoms with E-state index >= 15 is 0 Å². The number of hydrogen-bond acceptors (Lipinski definition) is 8. The van der Waals surface area contributed by atoms with Crippen molar-refractivity contribution >= 4 is 33.7 Å². The third-order valence-corrected chi connectivity index (χ3v) is 21.3. The maximum Gasteiger partial charge on any atom is 0.247 e. The Morgan fingerprint density at radius 3 is 2.13 bits per heavy atom. The molecule has 2 aromatic heterocycles. The molecule has 2 aromatic rings. The first-order valence-electron chi connectivity index (χ1n) is 17.6. The van der Waals surface area contributed by atoms with E-state index < -0.39 is 16.6 Å². The number of hydrogen-bond donors (Lipinski definition) is 1. The fourth-order valence-corrected chi connectivity index (χ4v) is 10.5. The largest absolute Gasteiger partial charge is 0.472 e. The second-order valence-corrected chi connectivity index (χ2v) is 27.5. The molecule has 1 saturated heterocycles. The molecule has 1 aliphatic heterocycles. The number of rotatable bonds is 11. The lowest BCUT2D eigenvalue weighted by atomic mass is 9.53. The minimum Gasteiger partial charge on any atom is -0.472 e. The maximum absolute atomic E-state index is 7.06. The highest BCUT2D eigenvalue weighted by molar-refractivity contribution is 6.74. The Hall–Kier alpha value is -1.80. The molecule has 0 spiro atoms. The first-order valence-corrected chi connectivity index (χ1v) is 23.4. The van der Waals surface area contributed by atoms with Gasteiger partial charge in [0.05, 0.1) is 19.0 Å². The van der Waals surface area contributed by atoms with Crippen LogP contribution in [0.5, 0.6) is 5.88 Å². The molecular weight excluding hydrogens is 611 g/mol. The summed E-state index contributed by atoms with van der Waals surface area (Å²) < 4.78 is 28.8. The second-order valence-electron chi connectivity index (χ2n) is 18.0. The van der Waals surface area contributed by atoms with E-state index in [1.807, 2.05) is 6.33 Å². The number of aromatic nitrogens is 4. The highest BCUT2D eigenvalue weighted by Crippen LogP contribution is 2.56. The Kier molecular flexibility index (Phi) is 8.86. The van der Waals surface area contributed by atoms with Crippen LogP contribution >= 0.6 is 0 Å². The monoisotopic (exact) mass is 669 g/mol. The zero-order valence-electron chi connectivity index (χ0n) is 30.1. The van der Waals surface area contributed by atoms with Crippen LogP contribution in [0, 0.1) is 17.8 Å². The summed E-state index contributed by atoms with van der Waals surface area (Å²) >= 11 is 0. The lowest BCUT2D eigenvalue weighted by molar-refractivity contribution is -0.0383. The van der Waals surface area contributed by atoms with E-state index in [-0.39, 0.29) is 34.1 Å². The maximum atomic E-state index is 7.06. The molecule has 9 nitrogen and oxygen atoms in total. The lowest BCUT2D eigenvalue weighted by Crippen LogP contribution is -2.55. The van der Waals surface area contributed by atoms with E-state index in [2.05, 4.69) is 84.2 Å². The Morgan fingerprint density at radius 1 is 0.957 bits per heavy atom. The molecule has 11 heteroatoms. The zero-order valence-corrected chi connectivity index (χ0v) is 32.1. The Balaban J connectivity index is 1.31. The van der Waals surface area contributed by atoms with Gasteiger partial charge in [-0.25, -0.2) is 4.98 Å². The molecule has 0 unspecified atom stereocenters. The van der Waals surface area contributed by atoms with Gasteiger partial charge in [-0.05, 0) is 92.5 Å². The van der Waals surface area contributed by atoms with Crippen molar-refractivity contribution in [3.63, 3.8) is 0 Å². The summed E-state index contributed by atoms with van der Waals surface area (Å²) in [6.45, 7) is 27.7. The van der Waals surface area contributed by atoms with Crippen molar-refractivity contribution < 1.29 is 18.3 Å². The number of anilines is 1. The summed E-state index contributed by atoms with van der Waals surface area (Å²) in [6, 6.07) is 0. The normalized spacial score (nSPS) is 31.5. The zero-order chi connectivity index (χ0) is 33.3. The SMILES string of the molecule is C=CCOc1nc(NC23CC4CC(CC(C4)C2)C3)nc2c1ncn2[C@@H]1C[C@@H](O[Si](C)(C)C(C)(C)C)[C@H](CO[Si](C)(C)C(C)(C)C)O1. The van der Waals surface area contributed by atoms with E-state index in [9.17, 15) is 0 Å². The number of fused-ring (bicyclic) bond motifs is 1. The van der Waals surface area contributed by atoms with Crippen LogP contribution in [0.1, 0.15) is 92.7 Å². The summed E-state index contributed by atoms with van der Waals surface area (Å²) in [6.07, 6.45) is 11.5. The molecule has 5 fully saturated rings. The molecule has 0 radical (unpaired) electrons. The van der Waals surface area contributed by atoms with Gasteiger partial charge in [-0.3, -0.25) is 4.57 Å². The highest BCUT2D eigenvalue weighted by Gasteiger charge is 2.52. The third kappa shape index (κ3) is 6.60. The molecule has 256 valence electrons. The predicted molar refractivity (Wildman–Crippen MR) is 189 cm³/mol. The van der Waals surface area contributed by atoms with Gasteiger partial charge >= 0.3 is 0 Å². The molecule has 3 atom stereocenters. The predicted octanol–water partition coefficient (Wildman–Crippen LogP) is 8.47. The van der Waals surface area contributed by atoms with Crippen molar-refractivity contribution in [2.24, 2.45) is 17.8 Å². The summed E-state index contributed by atoms with van der Waals surface area (Å²) in [7, 11) is -4.07. The molecule has 1 N–H and O–H groups in total. The second kappa shape index (κ2) is 12.0. The topological polar surface area (TPSA) is 92.6 Å². The van der Waals surface area contributed by atoms with Crippen LogP contribution in [-0.2, 0) is 13.6 Å². The lowest BCUT2D eigenvalue weighted by Gasteiger charge is -2.56. The molecular formula is C35H59N5O4Si2. The van der Waals surface area contributed by atoms with Gasteiger partial charge < -0.3 is 23.6 Å². The van der Waals surface area contributed by atoms with Crippen LogP contribution < -0.4 is 10.1 Å². The van der Waals surface area contributed by atoms with E-state index in [0.29, 0.717) is 37.0 Å². The van der Waals surface area contributed by atoms with Crippen molar-refractivity contribution in [2.45, 2.75) is 147 Å². The number of ether oxygens (including phenoxy) is 2. The van der Waals surface area contributed by atoms with Gasteiger partial charge in [0.2, 0.25) is 11.8 Å². The molecule has 46 heavy (non-hydrogen) atoms. The van der Waals surface area contributed by atoms with E-state index in [0.717, 1.165) is 23.4 Å². The smallest absolute Gasteiger partial charge is 0.247 e. The van der Waals surface area contributed by atoms with Crippen LogP contribution in [0.15, 0.2) is 19.0 Å². The van der Waals surface area contributed by atoms with Gasteiger partial charge in [-0.1, -0.05) is 54.2 Å². The van der Waals surface area contributed by atoms with Crippen molar-refractivity contribution in [3.8, 4) is 5.88 Å². The van der Waals surface area contributed by atoms with E-state index in [4.69, 9.17) is 33.3 Å². The first kappa shape index (κ1) is 34.1. The van der Waals surface area contributed by atoms with Gasteiger partial charge in [0.1, 0.15) is 18.9 Å². The Morgan fingerprint density at radius 2 is 1.57 bits per heavy atom. The molecule has 5 aliphatic rings. The van der Waals surface area contributed by atoms with Crippen LogP contribution in [0.4, 0.5) is 5.95 Å². The summed E-state index contributed by atoms with van der Waals surface area (Å²) in [5.74, 6) is 3.57.